The Balaban J connectivity index is 2.66. The van der Waals surface area contributed by atoms with E-state index in [0.717, 1.165) is 0 Å². The van der Waals surface area contributed by atoms with Crippen molar-refractivity contribution in [3.05, 3.63) is 34.1 Å². The maximum Gasteiger partial charge on any atom is 0.124 e. The van der Waals surface area contributed by atoms with Crippen LogP contribution >= 0.6 is 15.9 Å². The first-order valence-corrected chi connectivity index (χ1v) is 5.20. The van der Waals surface area contributed by atoms with Crippen LogP contribution in [0.15, 0.2) is 22.7 Å². The SMILES string of the molecule is NCCC(F)Cc1cc(F)cc(Br)c1. The van der Waals surface area contributed by atoms with Crippen LogP contribution in [-0.4, -0.2) is 12.7 Å². The minimum atomic E-state index is -0.992. The highest BCUT2D eigenvalue weighted by molar-refractivity contribution is 9.10. The fourth-order valence-electron chi connectivity index (χ4n) is 1.27. The largest absolute Gasteiger partial charge is 0.330 e. The number of rotatable bonds is 4. The van der Waals surface area contributed by atoms with Gasteiger partial charge in [0.25, 0.3) is 0 Å². The molecule has 0 bridgehead atoms. The lowest BCUT2D eigenvalue weighted by Gasteiger charge is -2.07. The molecule has 0 saturated heterocycles. The maximum atomic E-state index is 13.1. The molecule has 78 valence electrons. The van der Waals surface area contributed by atoms with Gasteiger partial charge < -0.3 is 5.73 Å². The van der Waals surface area contributed by atoms with Crippen molar-refractivity contribution in [2.24, 2.45) is 5.73 Å². The molecule has 0 aliphatic carbocycles. The maximum absolute atomic E-state index is 13.1. The first-order valence-electron chi connectivity index (χ1n) is 4.41. The summed E-state index contributed by atoms with van der Waals surface area (Å²) in [5.74, 6) is -0.352. The normalized spacial score (nSPS) is 12.9. The molecule has 1 nitrogen and oxygen atoms in total. The lowest BCUT2D eigenvalue weighted by molar-refractivity contribution is 0.316. The van der Waals surface area contributed by atoms with Gasteiger partial charge in [-0.15, -0.1) is 0 Å². The second-order valence-corrected chi connectivity index (χ2v) is 4.07. The average Bonchev–Trinajstić information content (AvgIpc) is 2.01. The molecule has 14 heavy (non-hydrogen) atoms. The number of alkyl halides is 1. The topological polar surface area (TPSA) is 26.0 Å². The lowest BCUT2D eigenvalue weighted by Crippen LogP contribution is -2.11. The molecule has 1 aromatic carbocycles. The van der Waals surface area contributed by atoms with Gasteiger partial charge in [-0.05, 0) is 36.7 Å². The van der Waals surface area contributed by atoms with Crippen molar-refractivity contribution in [2.45, 2.75) is 19.0 Å². The Morgan fingerprint density at radius 3 is 2.64 bits per heavy atom. The molecule has 0 aliphatic heterocycles. The smallest absolute Gasteiger partial charge is 0.124 e. The summed E-state index contributed by atoms with van der Waals surface area (Å²) >= 11 is 3.15. The highest BCUT2D eigenvalue weighted by Crippen LogP contribution is 2.17. The number of benzene rings is 1. The second-order valence-electron chi connectivity index (χ2n) is 3.16. The van der Waals surface area contributed by atoms with Gasteiger partial charge in [0, 0.05) is 10.9 Å². The van der Waals surface area contributed by atoms with Gasteiger partial charge in [-0.2, -0.15) is 0 Å². The predicted octanol–water partition coefficient (Wildman–Crippen LogP) is 2.82. The van der Waals surface area contributed by atoms with Gasteiger partial charge in [0.05, 0.1) is 0 Å². The first-order chi connectivity index (χ1) is 6.61. The summed E-state index contributed by atoms with van der Waals surface area (Å²) in [6.07, 6.45) is -0.462. The van der Waals surface area contributed by atoms with Crippen molar-refractivity contribution in [1.29, 1.82) is 0 Å². The van der Waals surface area contributed by atoms with Crippen LogP contribution in [0.3, 0.4) is 0 Å². The highest BCUT2D eigenvalue weighted by Gasteiger charge is 2.08. The molecule has 1 rings (SSSR count). The molecule has 0 aromatic heterocycles. The molecule has 1 aromatic rings. The van der Waals surface area contributed by atoms with Crippen LogP contribution in [0.5, 0.6) is 0 Å². The molecular weight excluding hydrogens is 252 g/mol. The van der Waals surface area contributed by atoms with E-state index in [-0.39, 0.29) is 12.2 Å². The molecule has 1 atom stereocenters. The summed E-state index contributed by atoms with van der Waals surface area (Å²) in [6, 6.07) is 4.40. The molecule has 1 unspecified atom stereocenters. The molecule has 4 heteroatoms. The molecule has 0 fully saturated rings. The van der Waals surface area contributed by atoms with Crippen LogP contribution in [0.4, 0.5) is 8.78 Å². The average molecular weight is 264 g/mol. The summed E-state index contributed by atoms with van der Waals surface area (Å²) in [5.41, 5.74) is 5.87. The third-order valence-electron chi connectivity index (χ3n) is 1.86. The zero-order valence-electron chi connectivity index (χ0n) is 7.64. The van der Waals surface area contributed by atoms with Crippen LogP contribution in [0.1, 0.15) is 12.0 Å². The summed E-state index contributed by atoms with van der Waals surface area (Å²) in [4.78, 5) is 0. The number of hydrogen-bond acceptors (Lipinski definition) is 1. The third kappa shape index (κ3) is 3.72. The van der Waals surface area contributed by atoms with Crippen molar-refractivity contribution in [3.63, 3.8) is 0 Å². The standard InChI is InChI=1S/C10H12BrF2N/c11-8-3-7(5-10(13)6-8)4-9(12)1-2-14/h3,5-6,9H,1-2,4,14H2. The van der Waals surface area contributed by atoms with E-state index in [1.807, 2.05) is 0 Å². The molecule has 0 aliphatic rings. The second kappa shape index (κ2) is 5.41. The number of nitrogens with two attached hydrogens (primary N) is 1. The van der Waals surface area contributed by atoms with Gasteiger partial charge in [0.15, 0.2) is 0 Å². The lowest BCUT2D eigenvalue weighted by atomic mass is 10.1. The fourth-order valence-corrected chi connectivity index (χ4v) is 1.78. The Bertz CT molecular complexity index is 284. The van der Waals surface area contributed by atoms with Crippen LogP contribution in [0, 0.1) is 5.82 Å². The quantitative estimate of drug-likeness (QED) is 0.889. The summed E-state index contributed by atoms with van der Waals surface area (Å²) in [7, 11) is 0. The van der Waals surface area contributed by atoms with E-state index in [1.165, 1.54) is 12.1 Å². The van der Waals surface area contributed by atoms with Crippen LogP contribution < -0.4 is 5.73 Å². The Morgan fingerprint density at radius 2 is 2.07 bits per heavy atom. The van der Waals surface area contributed by atoms with Gasteiger partial charge in [-0.25, -0.2) is 8.78 Å². The van der Waals surface area contributed by atoms with Gasteiger partial charge >= 0.3 is 0 Å². The van der Waals surface area contributed by atoms with E-state index < -0.39 is 6.17 Å². The summed E-state index contributed by atoms with van der Waals surface area (Å²) in [6.45, 7) is 0.317. The van der Waals surface area contributed by atoms with Crippen molar-refractivity contribution >= 4 is 15.9 Å². The van der Waals surface area contributed by atoms with Gasteiger partial charge in [0.2, 0.25) is 0 Å². The zero-order chi connectivity index (χ0) is 10.6. The minimum absolute atomic E-state index is 0.216. The van der Waals surface area contributed by atoms with E-state index in [0.29, 0.717) is 23.0 Å². The first kappa shape index (κ1) is 11.6. The summed E-state index contributed by atoms with van der Waals surface area (Å²) < 4.78 is 26.7. The van der Waals surface area contributed by atoms with Gasteiger partial charge in [0.1, 0.15) is 12.0 Å². The van der Waals surface area contributed by atoms with E-state index in [2.05, 4.69) is 15.9 Å². The van der Waals surface area contributed by atoms with Crippen molar-refractivity contribution in [2.75, 3.05) is 6.54 Å². The van der Waals surface area contributed by atoms with Gasteiger partial charge in [-0.3, -0.25) is 0 Å². The Kier molecular flexibility index (Phi) is 4.48. The number of hydrogen-bond donors (Lipinski definition) is 1. The predicted molar refractivity (Wildman–Crippen MR) is 56.4 cm³/mol. The molecule has 0 saturated carbocycles. The van der Waals surface area contributed by atoms with E-state index in [9.17, 15) is 8.78 Å². The van der Waals surface area contributed by atoms with E-state index in [1.54, 1.807) is 6.07 Å². The molecule has 2 N–H and O–H groups in total. The zero-order valence-corrected chi connectivity index (χ0v) is 9.23. The molecule has 0 spiro atoms. The Labute approximate surface area is 90.4 Å². The fraction of sp³-hybridized carbons (Fsp3) is 0.400. The summed E-state index contributed by atoms with van der Waals surface area (Å²) in [5, 5.41) is 0. The Morgan fingerprint density at radius 1 is 1.36 bits per heavy atom. The van der Waals surface area contributed by atoms with Crippen molar-refractivity contribution < 1.29 is 8.78 Å². The monoisotopic (exact) mass is 263 g/mol. The van der Waals surface area contributed by atoms with E-state index in [4.69, 9.17) is 5.73 Å². The Hall–Kier alpha value is -0.480. The van der Waals surface area contributed by atoms with Crippen LogP contribution in [0.25, 0.3) is 0 Å². The molecule has 0 heterocycles. The van der Waals surface area contributed by atoms with Crippen LogP contribution in [0.2, 0.25) is 0 Å². The van der Waals surface area contributed by atoms with Crippen LogP contribution in [-0.2, 0) is 6.42 Å². The molecular formula is C10H12BrF2N. The van der Waals surface area contributed by atoms with Gasteiger partial charge in [-0.1, -0.05) is 15.9 Å². The molecule has 0 amide bonds. The van der Waals surface area contributed by atoms with Crippen molar-refractivity contribution in [3.8, 4) is 0 Å². The highest BCUT2D eigenvalue weighted by atomic mass is 79.9. The van der Waals surface area contributed by atoms with E-state index >= 15 is 0 Å². The number of halogens is 3. The third-order valence-corrected chi connectivity index (χ3v) is 2.32. The van der Waals surface area contributed by atoms with Crippen molar-refractivity contribution in [1.82, 2.24) is 0 Å². The minimum Gasteiger partial charge on any atom is -0.330 e. The molecule has 0 radical (unpaired) electrons.